The monoisotopic (exact) mass is 555 g/mol. The van der Waals surface area contributed by atoms with Crippen LogP contribution in [0, 0.1) is 0 Å². The van der Waals surface area contributed by atoms with Gasteiger partial charge in [-0.25, -0.2) is 9.38 Å². The highest BCUT2D eigenvalue weighted by Crippen LogP contribution is 2.27. The fourth-order valence-electron chi connectivity index (χ4n) is 3.81. The van der Waals surface area contributed by atoms with E-state index in [1.165, 1.54) is 16.7 Å². The average Bonchev–Trinajstić information content (AvgIpc) is 3.40. The summed E-state index contributed by atoms with van der Waals surface area (Å²) in [5.41, 5.74) is 5.63. The van der Waals surface area contributed by atoms with Crippen LogP contribution in [-0.4, -0.2) is 52.7 Å². The Morgan fingerprint density at radius 2 is 2.06 bits per heavy atom. The molecule has 4 rings (SSSR count). The molecule has 11 nitrogen and oxygen atoms in total. The van der Waals surface area contributed by atoms with Crippen molar-refractivity contribution in [2.45, 2.75) is 45.3 Å². The minimum absolute atomic E-state index is 0.0921. The first kappa shape index (κ1) is 24.6. The molecule has 0 aliphatic rings. The highest BCUT2D eigenvalue weighted by molar-refractivity contribution is 9.10. The van der Waals surface area contributed by atoms with Gasteiger partial charge < -0.3 is 15.6 Å². The molecule has 4 aromatic heterocycles. The number of rotatable bonds is 8. The smallest absolute Gasteiger partial charge is 0.396 e. The molecule has 0 saturated heterocycles. The van der Waals surface area contributed by atoms with Crippen molar-refractivity contribution in [2.75, 3.05) is 17.2 Å². The van der Waals surface area contributed by atoms with Crippen molar-refractivity contribution in [3.8, 4) is 0 Å². The number of imidazole rings is 1. The number of hydrogen-bond acceptors (Lipinski definition) is 7. The number of nitrogen functional groups attached to an aromatic ring is 1. The predicted molar refractivity (Wildman–Crippen MR) is 125 cm³/mol. The molecule has 0 fully saturated rings. The molecule has 15 heteroatoms. The Morgan fingerprint density at radius 1 is 1.29 bits per heavy atom. The number of alkyl halides is 3. The fourth-order valence-corrected chi connectivity index (χ4v) is 4.17. The summed E-state index contributed by atoms with van der Waals surface area (Å²) in [6, 6.07) is 1.22. The Hall–Kier alpha value is -3.49. The third-order valence-electron chi connectivity index (χ3n) is 5.43. The van der Waals surface area contributed by atoms with Gasteiger partial charge in [-0.3, -0.25) is 19.1 Å². The number of aromatic nitrogens is 7. The zero-order valence-corrected chi connectivity index (χ0v) is 20.1. The molecule has 4 heterocycles. The lowest BCUT2D eigenvalue weighted by molar-refractivity contribution is -0.170. The van der Waals surface area contributed by atoms with E-state index in [2.05, 4.69) is 48.0 Å². The van der Waals surface area contributed by atoms with E-state index in [0.29, 0.717) is 21.8 Å². The Kier molecular flexibility index (Phi) is 6.78. The van der Waals surface area contributed by atoms with Gasteiger partial charge >= 0.3 is 12.1 Å². The Labute approximate surface area is 204 Å². The Balaban J connectivity index is 1.76. The number of H-pyrrole nitrogens is 1. The number of pyridine rings is 1. The molecular formula is C20H21BrF3N9O2. The van der Waals surface area contributed by atoms with E-state index in [0.717, 1.165) is 25.5 Å². The van der Waals surface area contributed by atoms with Crippen molar-refractivity contribution in [3.05, 3.63) is 39.4 Å². The van der Waals surface area contributed by atoms with Gasteiger partial charge in [0.1, 0.15) is 5.82 Å². The quantitative estimate of drug-likeness (QED) is 0.251. The number of amides is 1. The highest BCUT2D eigenvalue weighted by Gasteiger charge is 2.43. The van der Waals surface area contributed by atoms with E-state index in [9.17, 15) is 22.8 Å². The van der Waals surface area contributed by atoms with Gasteiger partial charge in [0.25, 0.3) is 5.56 Å². The summed E-state index contributed by atoms with van der Waals surface area (Å²) >= 11 is 3.24. The third-order valence-corrected chi connectivity index (χ3v) is 5.81. The molecule has 0 aliphatic carbocycles. The molecule has 0 atom stereocenters. The van der Waals surface area contributed by atoms with Crippen LogP contribution in [0.5, 0.6) is 0 Å². The van der Waals surface area contributed by atoms with Crippen molar-refractivity contribution in [1.29, 1.82) is 0 Å². The molecule has 0 unspecified atom stereocenters. The van der Waals surface area contributed by atoms with Crippen LogP contribution in [0.3, 0.4) is 0 Å². The summed E-state index contributed by atoms with van der Waals surface area (Å²) < 4.78 is 43.3. The van der Waals surface area contributed by atoms with Gasteiger partial charge in [-0.1, -0.05) is 19.8 Å². The number of halogens is 4. The second-order valence-electron chi connectivity index (χ2n) is 7.78. The van der Waals surface area contributed by atoms with Crippen molar-refractivity contribution < 1.29 is 18.0 Å². The number of carbonyl (C=O) groups is 1. The number of aryl methyl sites for hydroxylation is 1. The molecule has 0 spiro atoms. The van der Waals surface area contributed by atoms with Gasteiger partial charge in [0, 0.05) is 25.7 Å². The Morgan fingerprint density at radius 3 is 2.74 bits per heavy atom. The number of nitrogens with zero attached hydrogens (tertiary/aromatic N) is 7. The van der Waals surface area contributed by atoms with Crippen LogP contribution in [0.2, 0.25) is 0 Å². The highest BCUT2D eigenvalue weighted by atomic mass is 79.9. The molecule has 0 aromatic carbocycles. The summed E-state index contributed by atoms with van der Waals surface area (Å²) in [7, 11) is 0. The maximum Gasteiger partial charge on any atom is 0.471 e. The number of nitrogens with two attached hydrogens (primary N) is 1. The summed E-state index contributed by atoms with van der Waals surface area (Å²) in [4.78, 5) is 36.9. The molecule has 1 amide bonds. The summed E-state index contributed by atoms with van der Waals surface area (Å²) in [5.74, 6) is -1.79. The number of aromatic amines is 1. The maximum absolute atomic E-state index is 13.3. The van der Waals surface area contributed by atoms with Crippen LogP contribution < -0.4 is 16.2 Å². The fraction of sp³-hybridized carbons (Fsp3) is 0.400. The lowest BCUT2D eigenvalue weighted by atomic mass is 10.2. The van der Waals surface area contributed by atoms with Gasteiger partial charge in [0.15, 0.2) is 15.9 Å². The second-order valence-corrected chi connectivity index (χ2v) is 8.53. The zero-order valence-electron chi connectivity index (χ0n) is 18.5. The number of nitrogens with one attached hydrogen (secondary N) is 1. The number of hydrogen-bond donors (Lipinski definition) is 2. The standard InChI is InChI=1S/C20H21BrF3N9O2/c1-2-3-4-8-32-15-14(27-18(21)28-15)16(34)33-13(29-30-19(32)33)6-9-31(17(35)20(22,23)24)12-5-7-26-10-11(12)25/h5,7,10H,2-4,6,8-9,25H2,1H3,(H,27,28). The molecule has 0 saturated carbocycles. The average molecular weight is 556 g/mol. The van der Waals surface area contributed by atoms with Gasteiger partial charge in [-0.2, -0.15) is 13.2 Å². The first-order valence-electron chi connectivity index (χ1n) is 10.7. The SMILES string of the molecule is CCCCCn1c2nc(Br)[nH]c2c(=O)n2c(CCN(C(=O)C(F)(F)F)c3ccncc3N)nnc12. The maximum atomic E-state index is 13.3. The summed E-state index contributed by atoms with van der Waals surface area (Å²) in [5, 5.41) is 8.18. The van der Waals surface area contributed by atoms with Crippen LogP contribution in [0.25, 0.3) is 16.9 Å². The number of carbonyl (C=O) groups excluding carboxylic acids is 1. The van der Waals surface area contributed by atoms with Crippen molar-refractivity contribution in [2.24, 2.45) is 0 Å². The minimum Gasteiger partial charge on any atom is -0.396 e. The van der Waals surface area contributed by atoms with Crippen LogP contribution in [-0.2, 0) is 17.8 Å². The third kappa shape index (κ3) is 4.72. The normalized spacial score (nSPS) is 12.0. The van der Waals surface area contributed by atoms with Gasteiger partial charge in [0.2, 0.25) is 5.78 Å². The molecule has 0 aliphatic heterocycles. The van der Waals surface area contributed by atoms with Crippen molar-refractivity contribution in [1.82, 2.24) is 34.1 Å². The summed E-state index contributed by atoms with van der Waals surface area (Å²) in [6.07, 6.45) is -0.237. The zero-order chi connectivity index (χ0) is 25.3. The van der Waals surface area contributed by atoms with Crippen molar-refractivity contribution in [3.63, 3.8) is 0 Å². The van der Waals surface area contributed by atoms with Crippen LogP contribution in [0.1, 0.15) is 32.0 Å². The van der Waals surface area contributed by atoms with Crippen LogP contribution in [0.4, 0.5) is 24.5 Å². The summed E-state index contributed by atoms with van der Waals surface area (Å²) in [6.45, 7) is 2.11. The number of unbranched alkanes of at least 4 members (excludes halogenated alkanes) is 2. The van der Waals surface area contributed by atoms with E-state index in [1.54, 1.807) is 4.57 Å². The minimum atomic E-state index is -5.14. The van der Waals surface area contributed by atoms with Gasteiger partial charge in [0.05, 0.1) is 17.6 Å². The lowest BCUT2D eigenvalue weighted by Crippen LogP contribution is -2.43. The van der Waals surface area contributed by atoms with Crippen molar-refractivity contribution >= 4 is 50.2 Å². The van der Waals surface area contributed by atoms with Crippen LogP contribution in [0.15, 0.2) is 28.0 Å². The van der Waals surface area contributed by atoms with E-state index >= 15 is 0 Å². The number of fused-ring (bicyclic) bond motifs is 2. The molecule has 3 N–H and O–H groups in total. The molecule has 35 heavy (non-hydrogen) atoms. The van der Waals surface area contributed by atoms with E-state index < -0.39 is 24.2 Å². The first-order valence-corrected chi connectivity index (χ1v) is 11.5. The molecule has 186 valence electrons. The lowest BCUT2D eigenvalue weighted by Gasteiger charge is -2.24. The van der Waals surface area contributed by atoms with Crippen LogP contribution >= 0.6 is 15.9 Å². The first-order chi connectivity index (χ1) is 16.6. The van der Waals surface area contributed by atoms with E-state index in [1.807, 2.05) is 0 Å². The topological polar surface area (TPSA) is 140 Å². The number of anilines is 2. The molecule has 4 aromatic rings. The van der Waals surface area contributed by atoms with E-state index in [4.69, 9.17) is 5.73 Å². The second kappa shape index (κ2) is 9.64. The van der Waals surface area contributed by atoms with Gasteiger partial charge in [-0.15, -0.1) is 10.2 Å². The Bertz CT molecular complexity index is 1440. The predicted octanol–water partition coefficient (Wildman–Crippen LogP) is 2.84. The molecule has 0 bridgehead atoms. The largest absolute Gasteiger partial charge is 0.471 e. The van der Waals surface area contributed by atoms with E-state index in [-0.39, 0.29) is 34.9 Å². The van der Waals surface area contributed by atoms with Gasteiger partial charge in [-0.05, 0) is 28.4 Å². The molecule has 0 radical (unpaired) electrons. The molecular weight excluding hydrogens is 535 g/mol.